The molecule has 2 rings (SSSR count). The summed E-state index contributed by atoms with van der Waals surface area (Å²) in [5.74, 6) is -0.672. The van der Waals surface area contributed by atoms with Gasteiger partial charge in [0.2, 0.25) is 0 Å². The van der Waals surface area contributed by atoms with Crippen LogP contribution >= 0.6 is 0 Å². The standard InChI is InChI=1S/C16H30N2O3/c1-12(2)18(9-10-21-3)14-5-4-8-16(11-14,15(19)20)17-13-6-7-13/h12-14,17H,4-11H2,1-3H3,(H,19,20). The summed E-state index contributed by atoms with van der Waals surface area (Å²) in [5, 5.41) is 13.2. The van der Waals surface area contributed by atoms with Gasteiger partial charge in [0.1, 0.15) is 5.54 Å². The van der Waals surface area contributed by atoms with Gasteiger partial charge in [-0.15, -0.1) is 0 Å². The van der Waals surface area contributed by atoms with Crippen molar-refractivity contribution in [2.45, 2.75) is 76.0 Å². The molecule has 5 heteroatoms. The van der Waals surface area contributed by atoms with Crippen LogP contribution < -0.4 is 5.32 Å². The van der Waals surface area contributed by atoms with Gasteiger partial charge in [0.05, 0.1) is 6.61 Å². The maximum atomic E-state index is 11.9. The van der Waals surface area contributed by atoms with Crippen molar-refractivity contribution in [2.24, 2.45) is 0 Å². The predicted octanol–water partition coefficient (Wildman–Crippen LogP) is 1.86. The first-order valence-electron chi connectivity index (χ1n) is 8.24. The van der Waals surface area contributed by atoms with Crippen LogP contribution in [0, 0.1) is 0 Å². The number of ether oxygens (including phenoxy) is 1. The van der Waals surface area contributed by atoms with Gasteiger partial charge in [0.15, 0.2) is 0 Å². The molecule has 2 aliphatic carbocycles. The van der Waals surface area contributed by atoms with Crippen molar-refractivity contribution in [1.82, 2.24) is 10.2 Å². The Morgan fingerprint density at radius 1 is 1.43 bits per heavy atom. The van der Waals surface area contributed by atoms with E-state index in [2.05, 4.69) is 24.1 Å². The highest BCUT2D eigenvalue weighted by molar-refractivity contribution is 5.79. The molecule has 2 aliphatic rings. The quantitative estimate of drug-likeness (QED) is 0.716. The van der Waals surface area contributed by atoms with E-state index in [1.165, 1.54) is 0 Å². The number of aliphatic carboxylic acids is 1. The van der Waals surface area contributed by atoms with Crippen molar-refractivity contribution < 1.29 is 14.6 Å². The Morgan fingerprint density at radius 3 is 2.67 bits per heavy atom. The highest BCUT2D eigenvalue weighted by Gasteiger charge is 2.47. The molecule has 21 heavy (non-hydrogen) atoms. The van der Waals surface area contributed by atoms with E-state index < -0.39 is 11.5 Å². The zero-order valence-corrected chi connectivity index (χ0v) is 13.6. The summed E-state index contributed by atoms with van der Waals surface area (Å²) in [6.07, 6.45) is 5.77. The minimum atomic E-state index is -0.718. The van der Waals surface area contributed by atoms with Crippen LogP contribution in [0.1, 0.15) is 52.4 Å². The van der Waals surface area contributed by atoms with Gasteiger partial charge < -0.3 is 9.84 Å². The SMILES string of the molecule is COCCN(C(C)C)C1CCCC(NC2CC2)(C(=O)O)C1. The summed E-state index contributed by atoms with van der Waals surface area (Å²) >= 11 is 0. The topological polar surface area (TPSA) is 61.8 Å². The molecule has 0 saturated heterocycles. The molecule has 0 aromatic heterocycles. The van der Waals surface area contributed by atoms with Gasteiger partial charge in [0.25, 0.3) is 0 Å². The Bertz CT molecular complexity index is 357. The average molecular weight is 298 g/mol. The monoisotopic (exact) mass is 298 g/mol. The molecule has 0 spiro atoms. The van der Waals surface area contributed by atoms with Gasteiger partial charge in [-0.3, -0.25) is 15.0 Å². The Balaban J connectivity index is 2.06. The lowest BCUT2D eigenvalue weighted by Crippen LogP contribution is -2.59. The van der Waals surface area contributed by atoms with Gasteiger partial charge in [-0.2, -0.15) is 0 Å². The first-order valence-corrected chi connectivity index (χ1v) is 8.24. The molecular formula is C16H30N2O3. The number of methoxy groups -OCH3 is 1. The summed E-state index contributed by atoms with van der Waals surface area (Å²) in [6, 6.07) is 1.17. The molecule has 122 valence electrons. The van der Waals surface area contributed by atoms with Crippen LogP contribution in [-0.2, 0) is 9.53 Å². The zero-order valence-electron chi connectivity index (χ0n) is 13.6. The summed E-state index contributed by atoms with van der Waals surface area (Å²) < 4.78 is 5.21. The number of carboxylic acid groups (broad SMARTS) is 1. The number of rotatable bonds is 8. The van der Waals surface area contributed by atoms with E-state index >= 15 is 0 Å². The summed E-state index contributed by atoms with van der Waals surface area (Å²) in [4.78, 5) is 14.3. The van der Waals surface area contributed by atoms with Gasteiger partial charge in [-0.05, 0) is 52.4 Å². The number of carboxylic acids is 1. The molecule has 0 aromatic carbocycles. The fraction of sp³-hybridized carbons (Fsp3) is 0.938. The lowest BCUT2D eigenvalue weighted by Gasteiger charge is -2.44. The zero-order chi connectivity index (χ0) is 15.5. The molecule has 5 nitrogen and oxygen atoms in total. The van der Waals surface area contributed by atoms with Crippen molar-refractivity contribution in [3.05, 3.63) is 0 Å². The van der Waals surface area contributed by atoms with Gasteiger partial charge in [-0.25, -0.2) is 0 Å². The van der Waals surface area contributed by atoms with E-state index in [1.807, 2.05) is 0 Å². The van der Waals surface area contributed by atoms with E-state index in [0.717, 1.165) is 38.6 Å². The number of nitrogens with zero attached hydrogens (tertiary/aromatic N) is 1. The van der Waals surface area contributed by atoms with Crippen LogP contribution in [0.25, 0.3) is 0 Å². The third-order valence-electron chi connectivity index (χ3n) is 4.88. The fourth-order valence-electron chi connectivity index (χ4n) is 3.59. The van der Waals surface area contributed by atoms with E-state index in [0.29, 0.717) is 31.2 Å². The van der Waals surface area contributed by atoms with Crippen molar-refractivity contribution >= 4 is 5.97 Å². The summed E-state index contributed by atoms with van der Waals surface area (Å²) in [5.41, 5.74) is -0.718. The molecule has 0 bridgehead atoms. The predicted molar refractivity (Wildman–Crippen MR) is 82.5 cm³/mol. The lowest BCUT2D eigenvalue weighted by atomic mass is 9.78. The van der Waals surface area contributed by atoms with Crippen LogP contribution in [-0.4, -0.2) is 59.9 Å². The number of hydrogen-bond acceptors (Lipinski definition) is 4. The normalized spacial score (nSPS) is 30.0. The van der Waals surface area contributed by atoms with E-state index in [-0.39, 0.29) is 0 Å². The highest BCUT2D eigenvalue weighted by Crippen LogP contribution is 2.35. The minimum absolute atomic E-state index is 0.330. The van der Waals surface area contributed by atoms with Gasteiger partial charge >= 0.3 is 5.97 Å². The fourth-order valence-corrected chi connectivity index (χ4v) is 3.59. The Hall–Kier alpha value is -0.650. The molecule has 0 aliphatic heterocycles. The van der Waals surface area contributed by atoms with Crippen molar-refractivity contribution in [2.75, 3.05) is 20.3 Å². The third-order valence-corrected chi connectivity index (χ3v) is 4.88. The second-order valence-corrected chi connectivity index (χ2v) is 6.88. The molecule has 0 heterocycles. The van der Waals surface area contributed by atoms with Crippen LogP contribution in [0.3, 0.4) is 0 Å². The van der Waals surface area contributed by atoms with Crippen molar-refractivity contribution in [1.29, 1.82) is 0 Å². The van der Waals surface area contributed by atoms with Crippen molar-refractivity contribution in [3.8, 4) is 0 Å². The first kappa shape index (κ1) is 16.7. The Labute approximate surface area is 128 Å². The highest BCUT2D eigenvalue weighted by atomic mass is 16.5. The number of hydrogen-bond donors (Lipinski definition) is 2. The molecule has 2 fully saturated rings. The molecule has 0 radical (unpaired) electrons. The van der Waals surface area contributed by atoms with Crippen LogP contribution in [0.15, 0.2) is 0 Å². The van der Waals surface area contributed by atoms with E-state index in [4.69, 9.17) is 4.74 Å². The second kappa shape index (κ2) is 7.07. The van der Waals surface area contributed by atoms with Crippen LogP contribution in [0.4, 0.5) is 0 Å². The Kier molecular flexibility index (Phi) is 5.63. The van der Waals surface area contributed by atoms with Crippen LogP contribution in [0.5, 0.6) is 0 Å². The lowest BCUT2D eigenvalue weighted by molar-refractivity contribution is -0.148. The Morgan fingerprint density at radius 2 is 2.14 bits per heavy atom. The second-order valence-electron chi connectivity index (χ2n) is 6.88. The largest absolute Gasteiger partial charge is 0.480 e. The molecular weight excluding hydrogens is 268 g/mol. The number of nitrogens with one attached hydrogen (secondary N) is 1. The van der Waals surface area contributed by atoms with Crippen LogP contribution in [0.2, 0.25) is 0 Å². The smallest absolute Gasteiger partial charge is 0.323 e. The molecule has 0 aromatic rings. The average Bonchev–Trinajstić information content (AvgIpc) is 3.23. The maximum absolute atomic E-state index is 11.9. The molecule has 0 amide bonds. The van der Waals surface area contributed by atoms with Crippen molar-refractivity contribution in [3.63, 3.8) is 0 Å². The molecule has 2 N–H and O–H groups in total. The molecule has 2 atom stereocenters. The number of carbonyl (C=O) groups is 1. The maximum Gasteiger partial charge on any atom is 0.323 e. The summed E-state index contributed by atoms with van der Waals surface area (Å²) in [6.45, 7) is 5.94. The van der Waals surface area contributed by atoms with Gasteiger partial charge in [0, 0.05) is 31.8 Å². The molecule has 2 unspecified atom stereocenters. The van der Waals surface area contributed by atoms with E-state index in [1.54, 1.807) is 7.11 Å². The summed E-state index contributed by atoms with van der Waals surface area (Å²) in [7, 11) is 1.72. The van der Waals surface area contributed by atoms with Gasteiger partial charge in [-0.1, -0.05) is 0 Å². The molecule has 2 saturated carbocycles. The van der Waals surface area contributed by atoms with E-state index in [9.17, 15) is 9.90 Å². The third kappa shape index (κ3) is 4.18. The first-order chi connectivity index (χ1) is 9.98. The minimum Gasteiger partial charge on any atom is -0.480 e.